The number of nitrogens with one attached hydrogen (secondary N) is 1. The first-order chi connectivity index (χ1) is 10.1. The van der Waals surface area contributed by atoms with E-state index in [-0.39, 0.29) is 29.8 Å². The van der Waals surface area contributed by atoms with E-state index in [9.17, 15) is 9.18 Å². The minimum atomic E-state index is -0.291. The lowest BCUT2D eigenvalue weighted by Crippen LogP contribution is -2.36. The number of nitrogens with zero attached hydrogens (tertiary/aromatic N) is 1. The fourth-order valence-electron chi connectivity index (χ4n) is 2.66. The van der Waals surface area contributed by atoms with Crippen molar-refractivity contribution in [2.24, 2.45) is 5.92 Å². The first-order valence-electron chi connectivity index (χ1n) is 7.39. The third kappa shape index (κ3) is 3.41. The number of carbonyl (C=O) groups is 1. The normalized spacial score (nSPS) is 23.6. The van der Waals surface area contributed by atoms with Crippen LogP contribution in [-0.2, 0) is 9.53 Å². The van der Waals surface area contributed by atoms with Gasteiger partial charge < -0.3 is 9.64 Å². The summed E-state index contributed by atoms with van der Waals surface area (Å²) in [6.07, 6.45) is 0.625. The van der Waals surface area contributed by atoms with Crippen LogP contribution in [0.1, 0.15) is 32.0 Å². The van der Waals surface area contributed by atoms with Crippen LogP contribution in [0.15, 0.2) is 24.3 Å². The molecule has 1 amide bonds. The van der Waals surface area contributed by atoms with Gasteiger partial charge in [-0.15, -0.1) is 0 Å². The number of hydrogen-bond donors (Lipinski definition) is 1. The molecule has 1 saturated heterocycles. The summed E-state index contributed by atoms with van der Waals surface area (Å²) in [6.45, 7) is 5.08. The van der Waals surface area contributed by atoms with Crippen LogP contribution in [0, 0.1) is 11.7 Å². The predicted octanol–water partition coefficient (Wildman–Crippen LogP) is 2.32. The van der Waals surface area contributed by atoms with E-state index in [4.69, 9.17) is 4.74 Å². The Morgan fingerprint density at radius 2 is 2.24 bits per heavy atom. The smallest absolute Gasteiger partial charge is 0.241 e. The molecule has 1 fully saturated rings. The maximum atomic E-state index is 13.5. The van der Waals surface area contributed by atoms with Gasteiger partial charge in [-0.05, 0) is 23.6 Å². The van der Waals surface area contributed by atoms with Gasteiger partial charge in [0.05, 0.1) is 12.6 Å². The number of methoxy groups -OCH3 is 1. The fourth-order valence-corrected chi connectivity index (χ4v) is 2.66. The number of benzene rings is 1. The molecular weight excluding hydrogens is 271 g/mol. The van der Waals surface area contributed by atoms with Gasteiger partial charge in [0.2, 0.25) is 5.91 Å². The molecular formula is C16H23FN2O2. The average molecular weight is 294 g/mol. The summed E-state index contributed by atoms with van der Waals surface area (Å²) >= 11 is 0. The van der Waals surface area contributed by atoms with Crippen LogP contribution in [0.25, 0.3) is 0 Å². The highest BCUT2D eigenvalue weighted by atomic mass is 19.1. The molecule has 116 valence electrons. The van der Waals surface area contributed by atoms with Crippen molar-refractivity contribution in [3.63, 3.8) is 0 Å². The van der Waals surface area contributed by atoms with Crippen molar-refractivity contribution in [3.8, 4) is 0 Å². The summed E-state index contributed by atoms with van der Waals surface area (Å²) in [6, 6.07) is 6.17. The number of amides is 1. The Hall–Kier alpha value is -1.46. The molecule has 0 bridgehead atoms. The summed E-state index contributed by atoms with van der Waals surface area (Å²) < 4.78 is 18.5. The van der Waals surface area contributed by atoms with Gasteiger partial charge in [-0.25, -0.2) is 4.39 Å². The van der Waals surface area contributed by atoms with Crippen molar-refractivity contribution < 1.29 is 13.9 Å². The van der Waals surface area contributed by atoms with Crippen LogP contribution in [0.5, 0.6) is 0 Å². The maximum Gasteiger partial charge on any atom is 0.241 e. The Bertz CT molecular complexity index is 495. The fraction of sp³-hybridized carbons (Fsp3) is 0.562. The molecule has 0 radical (unpaired) electrons. The van der Waals surface area contributed by atoms with Gasteiger partial charge in [0.25, 0.3) is 0 Å². The molecule has 2 rings (SSSR count). The molecule has 1 aromatic rings. The van der Waals surface area contributed by atoms with Crippen molar-refractivity contribution in [3.05, 3.63) is 35.6 Å². The van der Waals surface area contributed by atoms with Gasteiger partial charge in [-0.3, -0.25) is 10.1 Å². The Morgan fingerprint density at radius 3 is 2.86 bits per heavy atom. The highest BCUT2D eigenvalue weighted by molar-refractivity contribution is 5.84. The summed E-state index contributed by atoms with van der Waals surface area (Å²) in [5.74, 6) is 0.0113. The molecule has 1 aromatic carbocycles. The third-order valence-electron chi connectivity index (χ3n) is 4.11. The van der Waals surface area contributed by atoms with Crippen molar-refractivity contribution in [2.45, 2.75) is 32.5 Å². The van der Waals surface area contributed by atoms with Crippen molar-refractivity contribution in [1.82, 2.24) is 10.2 Å². The Kier molecular flexibility index (Phi) is 5.31. The molecule has 0 spiro atoms. The number of carbonyl (C=O) groups excluding carboxylic acids is 1. The first kappa shape index (κ1) is 15.9. The Balaban J connectivity index is 2.26. The molecule has 1 heterocycles. The summed E-state index contributed by atoms with van der Waals surface area (Å²) in [7, 11) is 1.61. The zero-order chi connectivity index (χ0) is 15.4. The quantitative estimate of drug-likeness (QED) is 0.875. The molecule has 5 heteroatoms. The van der Waals surface area contributed by atoms with E-state index < -0.39 is 0 Å². The molecule has 1 aliphatic rings. The van der Waals surface area contributed by atoms with E-state index in [2.05, 4.69) is 19.2 Å². The highest BCUT2D eigenvalue weighted by Crippen LogP contribution is 2.29. The zero-order valence-electron chi connectivity index (χ0n) is 12.8. The minimum Gasteiger partial charge on any atom is -0.383 e. The lowest BCUT2D eigenvalue weighted by Gasteiger charge is -2.24. The molecule has 4 nitrogen and oxygen atoms in total. The van der Waals surface area contributed by atoms with Gasteiger partial charge in [0.1, 0.15) is 12.0 Å². The van der Waals surface area contributed by atoms with E-state index in [1.165, 1.54) is 12.1 Å². The lowest BCUT2D eigenvalue weighted by molar-refractivity contribution is -0.131. The minimum absolute atomic E-state index is 0.0654. The third-order valence-corrected chi connectivity index (χ3v) is 4.11. The van der Waals surface area contributed by atoms with Gasteiger partial charge in [0, 0.05) is 13.7 Å². The van der Waals surface area contributed by atoms with Crippen molar-refractivity contribution in [1.29, 1.82) is 0 Å². The first-order valence-corrected chi connectivity index (χ1v) is 7.39. The van der Waals surface area contributed by atoms with E-state index in [1.807, 2.05) is 6.07 Å². The molecule has 0 aliphatic carbocycles. The summed E-state index contributed by atoms with van der Waals surface area (Å²) in [5.41, 5.74) is 0.769. The van der Waals surface area contributed by atoms with Gasteiger partial charge in [-0.1, -0.05) is 32.4 Å². The monoisotopic (exact) mass is 294 g/mol. The highest BCUT2D eigenvalue weighted by Gasteiger charge is 2.41. The van der Waals surface area contributed by atoms with Crippen LogP contribution in [-0.4, -0.2) is 37.1 Å². The largest absolute Gasteiger partial charge is 0.383 e. The zero-order valence-corrected chi connectivity index (χ0v) is 12.8. The lowest BCUT2D eigenvalue weighted by atomic mass is 9.99. The average Bonchev–Trinajstić information content (AvgIpc) is 2.81. The predicted molar refractivity (Wildman–Crippen MR) is 79.1 cm³/mol. The van der Waals surface area contributed by atoms with E-state index in [1.54, 1.807) is 18.1 Å². The van der Waals surface area contributed by atoms with Gasteiger partial charge >= 0.3 is 0 Å². The number of ether oxygens (including phenoxy) is 1. The number of rotatable bonds is 6. The van der Waals surface area contributed by atoms with Crippen LogP contribution in [0.2, 0.25) is 0 Å². The van der Waals surface area contributed by atoms with Crippen molar-refractivity contribution >= 4 is 5.91 Å². The Labute approximate surface area is 125 Å². The molecule has 0 aromatic heterocycles. The standard InChI is InChI=1S/C16H23FN2O2/c1-4-11(2)14-16(20)19(8-9-21-3)15(18-14)12-6-5-7-13(17)10-12/h5-7,10-11,14-15,18H,4,8-9H2,1-3H3. The van der Waals surface area contributed by atoms with Crippen LogP contribution in [0.3, 0.4) is 0 Å². The van der Waals surface area contributed by atoms with Crippen LogP contribution < -0.4 is 5.32 Å². The second-order valence-corrected chi connectivity index (χ2v) is 5.51. The van der Waals surface area contributed by atoms with Crippen LogP contribution >= 0.6 is 0 Å². The van der Waals surface area contributed by atoms with Crippen LogP contribution in [0.4, 0.5) is 4.39 Å². The maximum absolute atomic E-state index is 13.5. The Morgan fingerprint density at radius 1 is 1.48 bits per heavy atom. The molecule has 3 atom stereocenters. The SMILES string of the molecule is CCC(C)C1NC(c2cccc(F)c2)N(CCOC)C1=O. The molecule has 3 unspecified atom stereocenters. The van der Waals surface area contributed by atoms with Gasteiger partial charge in [-0.2, -0.15) is 0 Å². The summed E-state index contributed by atoms with van der Waals surface area (Å²) in [5, 5.41) is 3.35. The second-order valence-electron chi connectivity index (χ2n) is 5.51. The molecule has 1 N–H and O–H groups in total. The molecule has 0 saturated carbocycles. The van der Waals surface area contributed by atoms with Crippen molar-refractivity contribution in [2.75, 3.05) is 20.3 Å². The number of hydrogen-bond acceptors (Lipinski definition) is 3. The van der Waals surface area contributed by atoms with E-state index in [0.29, 0.717) is 13.2 Å². The van der Waals surface area contributed by atoms with E-state index in [0.717, 1.165) is 12.0 Å². The topological polar surface area (TPSA) is 41.6 Å². The number of halogens is 1. The van der Waals surface area contributed by atoms with E-state index >= 15 is 0 Å². The molecule has 21 heavy (non-hydrogen) atoms. The molecule has 1 aliphatic heterocycles. The summed E-state index contributed by atoms with van der Waals surface area (Å²) in [4.78, 5) is 14.3. The van der Waals surface area contributed by atoms with Gasteiger partial charge in [0.15, 0.2) is 0 Å². The second kappa shape index (κ2) is 7.00.